The lowest BCUT2D eigenvalue weighted by Crippen LogP contribution is -2.35. The van der Waals surface area contributed by atoms with E-state index < -0.39 is 12.1 Å². The lowest BCUT2D eigenvalue weighted by molar-refractivity contribution is 0.0656. The molecule has 5 nitrogen and oxygen atoms in total. The second-order valence-electron chi connectivity index (χ2n) is 3.62. The molecule has 5 heteroatoms. The Morgan fingerprint density at radius 2 is 2.12 bits per heavy atom. The van der Waals surface area contributed by atoms with Gasteiger partial charge in [-0.1, -0.05) is 0 Å². The monoisotopic (exact) mass is 225 g/mol. The molecule has 0 aliphatic carbocycles. The van der Waals surface area contributed by atoms with E-state index in [-0.39, 0.29) is 6.61 Å². The Kier molecular flexibility index (Phi) is 2.89. The zero-order chi connectivity index (χ0) is 11.7. The van der Waals surface area contributed by atoms with Crippen LogP contribution in [0, 0.1) is 0 Å². The van der Waals surface area contributed by atoms with Gasteiger partial charge in [-0.15, -0.1) is 0 Å². The van der Waals surface area contributed by atoms with Gasteiger partial charge < -0.3 is 25.1 Å². The van der Waals surface area contributed by atoms with Crippen LogP contribution in [0.25, 0.3) is 0 Å². The van der Waals surface area contributed by atoms with Crippen LogP contribution >= 0.6 is 0 Å². The van der Waals surface area contributed by atoms with Gasteiger partial charge in [0.05, 0.1) is 20.3 Å². The van der Waals surface area contributed by atoms with Crippen molar-refractivity contribution >= 4 is 0 Å². The number of aliphatic hydroxyl groups excluding tert-OH is 1. The van der Waals surface area contributed by atoms with Gasteiger partial charge in [0.1, 0.15) is 12.7 Å². The van der Waals surface area contributed by atoms with E-state index in [0.717, 1.165) is 5.56 Å². The number of nitrogens with two attached hydrogens (primary N) is 1. The molecule has 0 fully saturated rings. The molecule has 0 spiro atoms. The molecule has 2 atom stereocenters. The predicted octanol–water partition coefficient (Wildman–Crippen LogP) is 0.457. The predicted molar refractivity (Wildman–Crippen MR) is 58.0 cm³/mol. The maximum atomic E-state index is 9.59. The van der Waals surface area contributed by atoms with Crippen LogP contribution in [-0.2, 0) is 0 Å². The number of aliphatic hydroxyl groups is 1. The first-order valence-electron chi connectivity index (χ1n) is 5.00. The Morgan fingerprint density at radius 3 is 2.75 bits per heavy atom. The number of benzene rings is 1. The number of rotatable bonds is 2. The van der Waals surface area contributed by atoms with Crippen molar-refractivity contribution in [2.24, 2.45) is 5.73 Å². The SMILES string of the molecule is COc1ccc2c(c1OC)OC[C@@H](O)[C@H]2N. The molecule has 1 heterocycles. The third kappa shape index (κ3) is 1.58. The third-order valence-corrected chi connectivity index (χ3v) is 2.70. The van der Waals surface area contributed by atoms with Crippen molar-refractivity contribution in [3.05, 3.63) is 17.7 Å². The molecule has 0 aromatic heterocycles. The lowest BCUT2D eigenvalue weighted by atomic mass is 9.98. The van der Waals surface area contributed by atoms with Gasteiger partial charge in [0.2, 0.25) is 5.75 Å². The van der Waals surface area contributed by atoms with Crippen molar-refractivity contribution in [3.8, 4) is 17.2 Å². The summed E-state index contributed by atoms with van der Waals surface area (Å²) in [5, 5.41) is 9.59. The summed E-state index contributed by atoms with van der Waals surface area (Å²) in [5.74, 6) is 1.66. The van der Waals surface area contributed by atoms with Gasteiger partial charge in [0.25, 0.3) is 0 Å². The molecule has 0 unspecified atom stereocenters. The van der Waals surface area contributed by atoms with E-state index in [1.165, 1.54) is 7.11 Å². The summed E-state index contributed by atoms with van der Waals surface area (Å²) in [5.41, 5.74) is 6.61. The summed E-state index contributed by atoms with van der Waals surface area (Å²) in [6.45, 7) is 0.164. The van der Waals surface area contributed by atoms with Gasteiger partial charge in [0.15, 0.2) is 11.5 Å². The summed E-state index contributed by atoms with van der Waals surface area (Å²) < 4.78 is 15.8. The van der Waals surface area contributed by atoms with E-state index in [0.29, 0.717) is 17.2 Å². The molecule has 1 aliphatic rings. The Labute approximate surface area is 93.7 Å². The molecular weight excluding hydrogens is 210 g/mol. The van der Waals surface area contributed by atoms with Crippen LogP contribution in [0.5, 0.6) is 17.2 Å². The molecule has 0 saturated carbocycles. The zero-order valence-electron chi connectivity index (χ0n) is 9.27. The smallest absolute Gasteiger partial charge is 0.203 e. The van der Waals surface area contributed by atoms with E-state index >= 15 is 0 Å². The maximum Gasteiger partial charge on any atom is 0.203 e. The van der Waals surface area contributed by atoms with E-state index in [1.54, 1.807) is 19.2 Å². The second-order valence-corrected chi connectivity index (χ2v) is 3.62. The van der Waals surface area contributed by atoms with Crippen molar-refractivity contribution in [3.63, 3.8) is 0 Å². The molecule has 16 heavy (non-hydrogen) atoms. The number of ether oxygens (including phenoxy) is 3. The number of hydrogen-bond donors (Lipinski definition) is 2. The average molecular weight is 225 g/mol. The molecule has 0 amide bonds. The Morgan fingerprint density at radius 1 is 1.38 bits per heavy atom. The maximum absolute atomic E-state index is 9.59. The van der Waals surface area contributed by atoms with E-state index in [2.05, 4.69) is 0 Å². The first kappa shape index (κ1) is 11.0. The summed E-state index contributed by atoms with van der Waals surface area (Å²) in [6.07, 6.45) is -0.689. The number of hydrogen-bond acceptors (Lipinski definition) is 5. The van der Waals surface area contributed by atoms with Gasteiger partial charge >= 0.3 is 0 Å². The minimum atomic E-state index is -0.689. The highest BCUT2D eigenvalue weighted by Crippen LogP contribution is 2.44. The minimum Gasteiger partial charge on any atom is -0.493 e. The van der Waals surface area contributed by atoms with Crippen LogP contribution in [0.15, 0.2) is 12.1 Å². The van der Waals surface area contributed by atoms with Crippen LogP contribution in [0.3, 0.4) is 0 Å². The van der Waals surface area contributed by atoms with Gasteiger partial charge in [0, 0.05) is 5.56 Å². The highest BCUT2D eigenvalue weighted by Gasteiger charge is 2.30. The normalized spacial score (nSPS) is 23.2. The Balaban J connectivity index is 2.52. The van der Waals surface area contributed by atoms with Crippen LogP contribution in [-0.4, -0.2) is 32.0 Å². The topological polar surface area (TPSA) is 73.9 Å². The third-order valence-electron chi connectivity index (χ3n) is 2.70. The van der Waals surface area contributed by atoms with Crippen LogP contribution in [0.2, 0.25) is 0 Å². The molecule has 2 rings (SSSR count). The summed E-state index contributed by atoms with van der Waals surface area (Å²) in [6, 6.07) is 3.08. The van der Waals surface area contributed by atoms with Crippen molar-refractivity contribution in [1.29, 1.82) is 0 Å². The number of fused-ring (bicyclic) bond motifs is 1. The quantitative estimate of drug-likeness (QED) is 0.764. The average Bonchev–Trinajstić information content (AvgIpc) is 2.32. The van der Waals surface area contributed by atoms with Crippen molar-refractivity contribution in [1.82, 2.24) is 0 Å². The van der Waals surface area contributed by atoms with Crippen LogP contribution in [0.4, 0.5) is 0 Å². The van der Waals surface area contributed by atoms with E-state index in [9.17, 15) is 5.11 Å². The fourth-order valence-corrected chi connectivity index (χ4v) is 1.80. The number of methoxy groups -OCH3 is 2. The van der Waals surface area contributed by atoms with Crippen LogP contribution in [0.1, 0.15) is 11.6 Å². The molecule has 0 radical (unpaired) electrons. The molecule has 3 N–H and O–H groups in total. The zero-order valence-corrected chi connectivity index (χ0v) is 9.27. The van der Waals surface area contributed by atoms with Crippen molar-refractivity contribution in [2.75, 3.05) is 20.8 Å². The summed E-state index contributed by atoms with van der Waals surface area (Å²) in [7, 11) is 3.10. The van der Waals surface area contributed by atoms with E-state index in [4.69, 9.17) is 19.9 Å². The second kappa shape index (κ2) is 4.19. The highest BCUT2D eigenvalue weighted by molar-refractivity contribution is 5.57. The fourth-order valence-electron chi connectivity index (χ4n) is 1.80. The largest absolute Gasteiger partial charge is 0.493 e. The standard InChI is InChI=1S/C11H15NO4/c1-14-8-4-3-6-9(12)7(13)5-16-10(6)11(8)15-2/h3-4,7,9,13H,5,12H2,1-2H3/t7-,9+/m1/s1. The first-order chi connectivity index (χ1) is 7.69. The van der Waals surface area contributed by atoms with Gasteiger partial charge in [-0.2, -0.15) is 0 Å². The van der Waals surface area contributed by atoms with E-state index in [1.807, 2.05) is 0 Å². The first-order valence-corrected chi connectivity index (χ1v) is 5.00. The highest BCUT2D eigenvalue weighted by atomic mass is 16.5. The molecule has 0 saturated heterocycles. The summed E-state index contributed by atoms with van der Waals surface area (Å²) in [4.78, 5) is 0. The van der Waals surface area contributed by atoms with Gasteiger partial charge in [-0.05, 0) is 12.1 Å². The minimum absolute atomic E-state index is 0.164. The Hall–Kier alpha value is -1.46. The molecule has 88 valence electrons. The van der Waals surface area contributed by atoms with Gasteiger partial charge in [-0.25, -0.2) is 0 Å². The molecule has 0 bridgehead atoms. The van der Waals surface area contributed by atoms with Crippen LogP contribution < -0.4 is 19.9 Å². The molecular formula is C11H15NO4. The lowest BCUT2D eigenvalue weighted by Gasteiger charge is -2.29. The van der Waals surface area contributed by atoms with Crippen molar-refractivity contribution < 1.29 is 19.3 Å². The van der Waals surface area contributed by atoms with Crippen molar-refractivity contribution in [2.45, 2.75) is 12.1 Å². The van der Waals surface area contributed by atoms with Gasteiger partial charge in [-0.3, -0.25) is 0 Å². The Bertz CT molecular complexity index is 394. The molecule has 1 aliphatic heterocycles. The molecule has 1 aromatic rings. The molecule has 1 aromatic carbocycles. The fraction of sp³-hybridized carbons (Fsp3) is 0.455. The summed E-state index contributed by atoms with van der Waals surface area (Å²) >= 11 is 0.